The van der Waals surface area contributed by atoms with Gasteiger partial charge < -0.3 is 9.80 Å². The van der Waals surface area contributed by atoms with E-state index in [9.17, 15) is 0 Å². The average Bonchev–Trinajstić information content (AvgIpc) is 2.54. The maximum atomic E-state index is 7.32. The Morgan fingerprint density at radius 3 is 2.54 bits per heavy atom. The van der Waals surface area contributed by atoms with Crippen molar-refractivity contribution in [3.05, 3.63) is 25.1 Å². The van der Waals surface area contributed by atoms with Crippen LogP contribution in [-0.4, -0.2) is 37.4 Å². The van der Waals surface area contributed by atoms with Gasteiger partial charge in [0, 0.05) is 25.5 Å². The van der Waals surface area contributed by atoms with Gasteiger partial charge in [-0.2, -0.15) is 0 Å². The van der Waals surface area contributed by atoms with Gasteiger partial charge in [-0.3, -0.25) is 0 Å². The Kier molecular flexibility index (Phi) is 6.53. The molecule has 0 unspecified atom stereocenters. The number of nitriles is 1. The highest BCUT2D eigenvalue weighted by atomic mass is 15.3. The predicted octanol–water partition coefficient (Wildman–Crippen LogP) is 0.339. The summed E-state index contributed by atoms with van der Waals surface area (Å²) in [6.07, 6.45) is 6.14. The molecule has 0 bridgehead atoms. The lowest BCUT2D eigenvalue weighted by Gasteiger charge is -2.17. The fourth-order valence-corrected chi connectivity index (χ4v) is 1.01. The summed E-state index contributed by atoms with van der Waals surface area (Å²) < 4.78 is 0. The van der Waals surface area contributed by atoms with Gasteiger partial charge in [-0.1, -0.05) is 6.08 Å². The zero-order valence-electron chi connectivity index (χ0n) is 8.40. The van der Waals surface area contributed by atoms with Crippen LogP contribution in [0.4, 0.5) is 0 Å². The van der Waals surface area contributed by atoms with E-state index < -0.39 is 0 Å². The highest BCUT2D eigenvalue weighted by Gasteiger charge is 2.06. The van der Waals surface area contributed by atoms with Crippen molar-refractivity contribution in [3.63, 3.8) is 0 Å². The van der Waals surface area contributed by atoms with Crippen LogP contribution in [0.2, 0.25) is 0 Å². The van der Waals surface area contributed by atoms with Gasteiger partial charge in [0.2, 0.25) is 7.85 Å². The molecule has 0 aromatic heterocycles. The third-order valence-electron chi connectivity index (χ3n) is 1.62. The molecule has 3 nitrogen and oxygen atoms in total. The first-order valence-electron chi connectivity index (χ1n) is 4.36. The van der Waals surface area contributed by atoms with E-state index in [1.54, 1.807) is 5.97 Å². The maximum Gasteiger partial charge on any atom is 0.232 e. The number of hydrogen-bond acceptors (Lipinski definition) is 3. The van der Waals surface area contributed by atoms with Gasteiger partial charge in [-0.25, -0.2) is 5.26 Å². The molecule has 0 N–H and O–H groups in total. The fourth-order valence-electron chi connectivity index (χ4n) is 1.01. The molecular weight excluding hydrogens is 161 g/mol. The third kappa shape index (κ3) is 4.97. The normalized spacial score (nSPS) is 13.2. The molecule has 0 aromatic rings. The van der Waals surface area contributed by atoms with E-state index in [0.29, 0.717) is 0 Å². The monoisotopic (exact) mass is 177 g/mol. The van der Waals surface area contributed by atoms with Gasteiger partial charge in [0.05, 0.1) is 6.67 Å². The molecule has 13 heavy (non-hydrogen) atoms. The summed E-state index contributed by atoms with van der Waals surface area (Å²) >= 11 is 0. The second kappa shape index (κ2) is 7.29. The van der Waals surface area contributed by atoms with Crippen LogP contribution in [0, 0.1) is 11.2 Å². The van der Waals surface area contributed by atoms with Crippen molar-refractivity contribution in [3.8, 4) is 5.97 Å². The molecule has 0 aromatic carbocycles. The molecule has 0 radical (unpaired) electrons. The first-order valence-corrected chi connectivity index (χ1v) is 4.36. The Bertz CT molecular complexity index is 207. The minimum atomic E-state index is 0.951. The Balaban J connectivity index is 0.000000424. The Morgan fingerprint density at radius 1 is 1.62 bits per heavy atom. The smallest absolute Gasteiger partial charge is 0.232 e. The van der Waals surface area contributed by atoms with Crippen LogP contribution in [0.25, 0.3) is 0 Å². The lowest BCUT2D eigenvalue weighted by atomic mass is 10.2. The SMILES string of the molecule is BC#N.C=CCN1C=CN(CC)C1. The van der Waals surface area contributed by atoms with Crippen molar-refractivity contribution in [1.29, 1.82) is 5.26 Å². The molecule has 1 aliphatic heterocycles. The Hall–Kier alpha value is -1.37. The summed E-state index contributed by atoms with van der Waals surface area (Å²) in [5.74, 6) is 1.75. The second-order valence-electron chi connectivity index (χ2n) is 2.63. The van der Waals surface area contributed by atoms with Crippen LogP contribution in [0.15, 0.2) is 25.1 Å². The van der Waals surface area contributed by atoms with Gasteiger partial charge in [-0.05, 0) is 12.9 Å². The highest BCUT2D eigenvalue weighted by molar-refractivity contribution is 6.20. The van der Waals surface area contributed by atoms with Gasteiger partial charge in [-0.15, -0.1) is 6.58 Å². The number of nitrogens with zero attached hydrogens (tertiary/aromatic N) is 3. The van der Waals surface area contributed by atoms with E-state index in [4.69, 9.17) is 5.26 Å². The van der Waals surface area contributed by atoms with E-state index in [1.165, 1.54) is 7.85 Å². The van der Waals surface area contributed by atoms with E-state index in [2.05, 4.69) is 35.7 Å². The average molecular weight is 177 g/mol. The van der Waals surface area contributed by atoms with Crippen molar-refractivity contribution < 1.29 is 0 Å². The largest absolute Gasteiger partial charge is 0.359 e. The zero-order chi connectivity index (χ0) is 10.1. The summed E-state index contributed by atoms with van der Waals surface area (Å²) in [6.45, 7) is 8.89. The lowest BCUT2D eigenvalue weighted by molar-refractivity contribution is 0.291. The molecule has 0 saturated carbocycles. The summed E-state index contributed by atoms with van der Waals surface area (Å²) in [6, 6.07) is 0. The van der Waals surface area contributed by atoms with Crippen molar-refractivity contribution in [2.75, 3.05) is 19.8 Å². The molecule has 0 atom stereocenters. The highest BCUT2D eigenvalue weighted by Crippen LogP contribution is 2.04. The Labute approximate surface area is 81.3 Å². The van der Waals surface area contributed by atoms with Crippen LogP contribution in [0.3, 0.4) is 0 Å². The molecule has 0 fully saturated rings. The van der Waals surface area contributed by atoms with E-state index in [1.807, 2.05) is 6.08 Å². The van der Waals surface area contributed by atoms with E-state index in [0.717, 1.165) is 19.8 Å². The van der Waals surface area contributed by atoms with Crippen LogP contribution < -0.4 is 0 Å². The van der Waals surface area contributed by atoms with Crippen molar-refractivity contribution in [2.24, 2.45) is 0 Å². The maximum absolute atomic E-state index is 7.32. The van der Waals surface area contributed by atoms with Gasteiger partial charge in [0.25, 0.3) is 0 Å². The van der Waals surface area contributed by atoms with Gasteiger partial charge >= 0.3 is 0 Å². The number of hydrogen-bond donors (Lipinski definition) is 0. The molecule has 0 spiro atoms. The molecule has 70 valence electrons. The minimum Gasteiger partial charge on any atom is -0.359 e. The first-order chi connectivity index (χ1) is 6.28. The lowest BCUT2D eigenvalue weighted by Crippen LogP contribution is -2.24. The summed E-state index contributed by atoms with van der Waals surface area (Å²) in [5.41, 5.74) is 0. The first kappa shape index (κ1) is 11.6. The van der Waals surface area contributed by atoms with Crippen molar-refractivity contribution in [2.45, 2.75) is 6.92 Å². The van der Waals surface area contributed by atoms with Crippen molar-refractivity contribution >= 4 is 7.85 Å². The van der Waals surface area contributed by atoms with Crippen molar-refractivity contribution in [1.82, 2.24) is 9.80 Å². The summed E-state index contributed by atoms with van der Waals surface area (Å²) in [7, 11) is 1.43. The Morgan fingerprint density at radius 2 is 2.15 bits per heavy atom. The van der Waals surface area contributed by atoms with E-state index in [-0.39, 0.29) is 0 Å². The molecule has 1 aliphatic rings. The van der Waals surface area contributed by atoms with E-state index >= 15 is 0 Å². The summed E-state index contributed by atoms with van der Waals surface area (Å²) in [4.78, 5) is 4.47. The quantitative estimate of drug-likeness (QED) is 0.460. The van der Waals surface area contributed by atoms with Gasteiger partial charge in [0.15, 0.2) is 0 Å². The zero-order valence-corrected chi connectivity index (χ0v) is 8.40. The molecule has 1 heterocycles. The van der Waals surface area contributed by atoms with Crippen LogP contribution in [0.1, 0.15) is 6.92 Å². The molecule has 0 saturated heterocycles. The fraction of sp³-hybridized carbons (Fsp3) is 0.444. The van der Waals surface area contributed by atoms with Crippen LogP contribution in [0.5, 0.6) is 0 Å². The molecule has 0 aliphatic carbocycles. The summed E-state index contributed by atoms with van der Waals surface area (Å²) in [5, 5.41) is 7.32. The van der Waals surface area contributed by atoms with Crippen LogP contribution in [-0.2, 0) is 0 Å². The number of rotatable bonds is 3. The molecule has 1 rings (SSSR count). The third-order valence-corrected chi connectivity index (χ3v) is 1.62. The van der Waals surface area contributed by atoms with Gasteiger partial charge in [0.1, 0.15) is 0 Å². The molecular formula is C9H16BN3. The molecule has 4 heteroatoms. The standard InChI is InChI=1S/C8H14N2.CH2BN/c1-3-5-10-7-6-9(4-2)8-10;2-1-3/h3,6-7H,1,4-5,8H2,2H3;2H2. The molecule has 0 amide bonds. The minimum absolute atomic E-state index is 0.951. The topological polar surface area (TPSA) is 30.3 Å². The predicted molar refractivity (Wildman–Crippen MR) is 57.4 cm³/mol. The second-order valence-corrected chi connectivity index (χ2v) is 2.63. The van der Waals surface area contributed by atoms with Crippen LogP contribution >= 0.6 is 0 Å².